The Morgan fingerprint density at radius 1 is 0.871 bits per heavy atom. The van der Waals surface area contributed by atoms with E-state index in [9.17, 15) is 0 Å². The van der Waals surface area contributed by atoms with Crippen LogP contribution in [0.5, 0.6) is 0 Å². The molecule has 0 aliphatic carbocycles. The molecule has 1 aliphatic rings. The van der Waals surface area contributed by atoms with Crippen molar-refractivity contribution in [2.75, 3.05) is 5.75 Å². The van der Waals surface area contributed by atoms with Crippen molar-refractivity contribution in [1.29, 1.82) is 0 Å². The zero-order chi connectivity index (χ0) is 21.6. The molecule has 0 spiro atoms. The minimum atomic E-state index is 1.05. The number of unbranched alkanes of at least 4 members (excludes halogenated alkanes) is 13. The van der Waals surface area contributed by atoms with Crippen molar-refractivity contribution in [3.8, 4) is 0 Å². The molecule has 0 N–H and O–H groups in total. The fourth-order valence-electron chi connectivity index (χ4n) is 4.54. The fraction of sp³-hybridized carbons (Fsp3) is 0.643. The van der Waals surface area contributed by atoms with Crippen molar-refractivity contribution in [3.63, 3.8) is 0 Å². The van der Waals surface area contributed by atoms with E-state index in [1.807, 2.05) is 11.8 Å². The van der Waals surface area contributed by atoms with E-state index in [0.717, 1.165) is 24.1 Å². The van der Waals surface area contributed by atoms with E-state index in [2.05, 4.69) is 37.4 Å². The summed E-state index contributed by atoms with van der Waals surface area (Å²) in [5.41, 5.74) is 4.92. The van der Waals surface area contributed by atoms with E-state index < -0.39 is 0 Å². The maximum atomic E-state index is 4.96. The first-order chi connectivity index (χ1) is 15.4. The summed E-state index contributed by atoms with van der Waals surface area (Å²) < 4.78 is 0. The van der Waals surface area contributed by atoms with Crippen LogP contribution in [0.2, 0.25) is 0 Å². The smallest absolute Gasteiger partial charge is 0.0778 e. The van der Waals surface area contributed by atoms with Gasteiger partial charge in [-0.3, -0.25) is 9.98 Å². The second kappa shape index (κ2) is 14.7. The van der Waals surface area contributed by atoms with Gasteiger partial charge in [-0.15, -0.1) is 0 Å². The molecule has 170 valence electrons. The molecular weight excluding hydrogens is 396 g/mol. The predicted molar refractivity (Wildman–Crippen MR) is 140 cm³/mol. The van der Waals surface area contributed by atoms with Crippen molar-refractivity contribution >= 4 is 34.6 Å². The summed E-state index contributed by atoms with van der Waals surface area (Å²) in [5.74, 6) is 2.24. The van der Waals surface area contributed by atoms with Crippen LogP contribution < -0.4 is 0 Å². The van der Waals surface area contributed by atoms with E-state index in [4.69, 9.17) is 9.98 Å². The molecule has 3 rings (SSSR count). The van der Waals surface area contributed by atoms with Crippen molar-refractivity contribution in [1.82, 2.24) is 4.98 Å². The second-order valence-electron chi connectivity index (χ2n) is 9.05. The van der Waals surface area contributed by atoms with Gasteiger partial charge in [-0.2, -0.15) is 11.8 Å². The van der Waals surface area contributed by atoms with Gasteiger partial charge in [0, 0.05) is 28.6 Å². The second-order valence-corrected chi connectivity index (χ2v) is 10.2. The van der Waals surface area contributed by atoms with Crippen molar-refractivity contribution in [2.45, 2.75) is 109 Å². The van der Waals surface area contributed by atoms with Crippen molar-refractivity contribution in [3.05, 3.63) is 35.5 Å². The lowest BCUT2D eigenvalue weighted by Crippen LogP contribution is -2.06. The van der Waals surface area contributed by atoms with Gasteiger partial charge in [-0.05, 0) is 31.1 Å². The van der Waals surface area contributed by atoms with Gasteiger partial charge in [0.25, 0.3) is 0 Å². The molecule has 2 aromatic rings. The number of para-hydroxylation sites is 1. The summed E-state index contributed by atoms with van der Waals surface area (Å²) in [5, 5.41) is 1.21. The third-order valence-electron chi connectivity index (χ3n) is 6.44. The van der Waals surface area contributed by atoms with Gasteiger partial charge >= 0.3 is 0 Å². The topological polar surface area (TPSA) is 25.2 Å². The van der Waals surface area contributed by atoms with Crippen LogP contribution in [-0.4, -0.2) is 17.0 Å². The van der Waals surface area contributed by atoms with E-state index >= 15 is 0 Å². The standard InChI is InChI=1S/C28H42N2S/c1-2-3-4-5-6-7-8-9-10-11-12-13-14-17-21-29-28-24-18-15-16-19-26(24)30-27-20-22-31-23-25(27)28/h15-16,18-19,21H,2-14,17,20,22-23H2,1H3. The first-order valence-corrected chi connectivity index (χ1v) is 14.1. The van der Waals surface area contributed by atoms with Crippen LogP contribution in [0.25, 0.3) is 10.9 Å². The van der Waals surface area contributed by atoms with Gasteiger partial charge in [-0.1, -0.05) is 102 Å². The Hall–Kier alpha value is -1.35. The fourth-order valence-corrected chi connectivity index (χ4v) is 5.53. The molecule has 1 aromatic carbocycles. The van der Waals surface area contributed by atoms with E-state index in [1.54, 1.807) is 0 Å². The molecule has 31 heavy (non-hydrogen) atoms. The Bertz CT molecular complexity index is 799. The first-order valence-electron chi connectivity index (χ1n) is 12.9. The Morgan fingerprint density at radius 2 is 1.52 bits per heavy atom. The Labute approximate surface area is 194 Å². The van der Waals surface area contributed by atoms with Crippen LogP contribution in [-0.2, 0) is 12.2 Å². The minimum Gasteiger partial charge on any atom is -0.260 e. The minimum absolute atomic E-state index is 1.05. The Morgan fingerprint density at radius 3 is 2.23 bits per heavy atom. The van der Waals surface area contributed by atoms with Gasteiger partial charge in [0.15, 0.2) is 0 Å². The highest BCUT2D eigenvalue weighted by Crippen LogP contribution is 2.36. The number of aromatic nitrogens is 1. The number of hydrogen-bond acceptors (Lipinski definition) is 3. The van der Waals surface area contributed by atoms with Crippen LogP contribution in [0, 0.1) is 0 Å². The van der Waals surface area contributed by atoms with Crippen LogP contribution in [0.4, 0.5) is 5.69 Å². The van der Waals surface area contributed by atoms with Crippen molar-refractivity contribution in [2.24, 2.45) is 4.99 Å². The summed E-state index contributed by atoms with van der Waals surface area (Å²) in [6.07, 6.45) is 22.6. The lowest BCUT2D eigenvalue weighted by molar-refractivity contribution is 0.541. The van der Waals surface area contributed by atoms with Gasteiger partial charge in [0.1, 0.15) is 0 Å². The predicted octanol–water partition coefficient (Wildman–Crippen LogP) is 9.21. The highest BCUT2D eigenvalue weighted by atomic mass is 32.2. The number of benzene rings is 1. The third kappa shape index (κ3) is 8.25. The number of fused-ring (bicyclic) bond motifs is 2. The third-order valence-corrected chi connectivity index (χ3v) is 7.42. The normalized spacial score (nSPS) is 13.8. The summed E-state index contributed by atoms with van der Waals surface area (Å²) in [4.78, 5) is 9.87. The number of aryl methyl sites for hydroxylation is 1. The lowest BCUT2D eigenvalue weighted by atomic mass is 10.0. The molecule has 0 fully saturated rings. The molecule has 0 radical (unpaired) electrons. The average Bonchev–Trinajstić information content (AvgIpc) is 2.81. The summed E-state index contributed by atoms with van der Waals surface area (Å²) >= 11 is 2.01. The maximum absolute atomic E-state index is 4.96. The van der Waals surface area contributed by atoms with E-state index in [-0.39, 0.29) is 0 Å². The summed E-state index contributed by atoms with van der Waals surface area (Å²) in [6, 6.07) is 8.50. The van der Waals surface area contributed by atoms with Gasteiger partial charge in [-0.25, -0.2) is 0 Å². The summed E-state index contributed by atoms with van der Waals surface area (Å²) in [6.45, 7) is 2.29. The van der Waals surface area contributed by atoms with Crippen LogP contribution in [0.1, 0.15) is 108 Å². The number of rotatable bonds is 15. The molecule has 0 bridgehead atoms. The molecule has 0 amide bonds. The Balaban J connectivity index is 1.31. The zero-order valence-electron chi connectivity index (χ0n) is 19.7. The lowest BCUT2D eigenvalue weighted by Gasteiger charge is -2.18. The monoisotopic (exact) mass is 438 g/mol. The number of aliphatic imine (C=N–C) groups is 1. The molecular formula is C28H42N2S. The van der Waals surface area contributed by atoms with Crippen molar-refractivity contribution < 1.29 is 0 Å². The van der Waals surface area contributed by atoms with Gasteiger partial charge in [0.2, 0.25) is 0 Å². The van der Waals surface area contributed by atoms with Crippen LogP contribution in [0.15, 0.2) is 29.3 Å². The number of pyridine rings is 1. The molecule has 2 nitrogen and oxygen atoms in total. The van der Waals surface area contributed by atoms with Gasteiger partial charge in [0.05, 0.1) is 11.2 Å². The maximum Gasteiger partial charge on any atom is 0.0778 e. The number of thioether (sulfide) groups is 1. The SMILES string of the molecule is CCCCCCCCCCCCCCCC=Nc1c2c(nc3ccccc13)CCSC2. The first kappa shape index (κ1) is 24.3. The molecule has 0 atom stereocenters. The zero-order valence-corrected chi connectivity index (χ0v) is 20.5. The number of hydrogen-bond donors (Lipinski definition) is 0. The molecule has 3 heteroatoms. The number of nitrogens with zero attached hydrogens (tertiary/aromatic N) is 2. The molecule has 0 saturated carbocycles. The Kier molecular flexibility index (Phi) is 11.5. The molecule has 1 aliphatic heterocycles. The van der Waals surface area contributed by atoms with E-state index in [1.165, 1.54) is 112 Å². The van der Waals surface area contributed by atoms with Gasteiger partial charge < -0.3 is 0 Å². The molecule has 0 unspecified atom stereocenters. The quantitative estimate of drug-likeness (QED) is 0.204. The molecule has 1 aromatic heterocycles. The highest BCUT2D eigenvalue weighted by molar-refractivity contribution is 7.98. The summed E-state index contributed by atoms with van der Waals surface area (Å²) in [7, 11) is 0. The highest BCUT2D eigenvalue weighted by Gasteiger charge is 2.17. The van der Waals surface area contributed by atoms with Crippen LogP contribution in [0.3, 0.4) is 0 Å². The largest absolute Gasteiger partial charge is 0.260 e. The molecule has 0 saturated heterocycles. The molecule has 2 heterocycles. The average molecular weight is 439 g/mol. The van der Waals surface area contributed by atoms with E-state index in [0.29, 0.717) is 0 Å². The van der Waals surface area contributed by atoms with Crippen LogP contribution >= 0.6 is 11.8 Å².